The van der Waals surface area contributed by atoms with Gasteiger partial charge in [-0.25, -0.2) is 9.59 Å². The largest absolute Gasteiger partial charge is 0.466 e. The number of hydrogen-bond acceptors (Lipinski definition) is 6. The summed E-state index contributed by atoms with van der Waals surface area (Å²) in [6.07, 6.45) is 0.357. The highest BCUT2D eigenvalue weighted by Crippen LogP contribution is 2.68. The molecule has 2 heterocycles. The van der Waals surface area contributed by atoms with Gasteiger partial charge in [0.1, 0.15) is 5.60 Å². The molecule has 1 aliphatic carbocycles. The summed E-state index contributed by atoms with van der Waals surface area (Å²) >= 11 is 0. The van der Waals surface area contributed by atoms with Gasteiger partial charge in [0.2, 0.25) is 0 Å². The predicted molar refractivity (Wildman–Crippen MR) is 61.0 cm³/mol. The molecule has 1 spiro atoms. The number of ether oxygens (including phenoxy) is 3. The minimum absolute atomic E-state index is 0.000579. The Kier molecular flexibility index (Phi) is 2.24. The number of hydrogen-bond donors (Lipinski definition) is 0. The van der Waals surface area contributed by atoms with E-state index in [4.69, 9.17) is 9.47 Å². The maximum atomic E-state index is 12.3. The lowest BCUT2D eigenvalue weighted by Gasteiger charge is -2.29. The van der Waals surface area contributed by atoms with Crippen LogP contribution in [0.3, 0.4) is 0 Å². The Morgan fingerprint density at radius 3 is 2.26 bits per heavy atom. The molecule has 6 nitrogen and oxygen atoms in total. The van der Waals surface area contributed by atoms with Crippen molar-refractivity contribution in [2.45, 2.75) is 31.5 Å². The Balaban J connectivity index is 2.20. The number of carbonyl (C=O) groups excluding carboxylic acids is 3. The number of fused-ring (bicyclic) bond motifs is 3. The fourth-order valence-electron chi connectivity index (χ4n) is 3.34. The van der Waals surface area contributed by atoms with Gasteiger partial charge in [-0.15, -0.1) is 0 Å². The number of carbonyl (C=O) groups is 3. The zero-order chi connectivity index (χ0) is 14.0. The first-order valence-corrected chi connectivity index (χ1v) is 6.06. The van der Waals surface area contributed by atoms with Crippen LogP contribution in [0, 0.1) is 5.41 Å². The van der Waals surface area contributed by atoms with Crippen LogP contribution in [0.5, 0.6) is 0 Å². The van der Waals surface area contributed by atoms with E-state index in [1.54, 1.807) is 6.92 Å². The van der Waals surface area contributed by atoms with Crippen molar-refractivity contribution in [2.24, 2.45) is 5.41 Å². The van der Waals surface area contributed by atoms with Crippen LogP contribution in [-0.4, -0.2) is 43.6 Å². The minimum Gasteiger partial charge on any atom is -0.466 e. The van der Waals surface area contributed by atoms with Crippen LogP contribution >= 0.6 is 0 Å². The molecule has 0 radical (unpaired) electrons. The Bertz CT molecular complexity index is 541. The van der Waals surface area contributed by atoms with Crippen LogP contribution < -0.4 is 0 Å². The van der Waals surface area contributed by atoms with Gasteiger partial charge in [-0.1, -0.05) is 0 Å². The van der Waals surface area contributed by atoms with Crippen LogP contribution in [0.2, 0.25) is 0 Å². The number of esters is 2. The number of methoxy groups -OCH3 is 2. The number of Topliss-reactive ketones (excluding diaryl/α,β-unsaturated/α-hetero) is 1. The molecule has 1 saturated carbocycles. The topological polar surface area (TPSA) is 78.9 Å². The van der Waals surface area contributed by atoms with Crippen molar-refractivity contribution in [2.75, 3.05) is 14.2 Å². The molecule has 2 aliphatic heterocycles. The van der Waals surface area contributed by atoms with Gasteiger partial charge >= 0.3 is 11.9 Å². The van der Waals surface area contributed by atoms with Crippen LogP contribution in [-0.2, 0) is 28.6 Å². The lowest BCUT2D eigenvalue weighted by molar-refractivity contribution is -0.141. The summed E-state index contributed by atoms with van der Waals surface area (Å²) in [5, 5.41) is 0. The Labute approximate surface area is 109 Å². The first-order valence-electron chi connectivity index (χ1n) is 6.06. The quantitative estimate of drug-likeness (QED) is 0.662. The zero-order valence-corrected chi connectivity index (χ0v) is 10.9. The van der Waals surface area contributed by atoms with Gasteiger partial charge in [0.05, 0.1) is 30.8 Å². The van der Waals surface area contributed by atoms with Gasteiger partial charge in [0.25, 0.3) is 0 Å². The van der Waals surface area contributed by atoms with Gasteiger partial charge in [0.15, 0.2) is 11.9 Å². The fourth-order valence-corrected chi connectivity index (χ4v) is 3.34. The highest BCUT2D eigenvalue weighted by atomic mass is 16.6. The smallest absolute Gasteiger partial charge is 0.337 e. The lowest BCUT2D eigenvalue weighted by atomic mass is 9.72. The highest BCUT2D eigenvalue weighted by molar-refractivity contribution is 6.14. The average molecular weight is 266 g/mol. The Morgan fingerprint density at radius 1 is 1.21 bits per heavy atom. The zero-order valence-electron chi connectivity index (χ0n) is 10.9. The molecule has 0 unspecified atom stereocenters. The van der Waals surface area contributed by atoms with Gasteiger partial charge in [-0.3, -0.25) is 4.79 Å². The molecular weight excluding hydrogens is 252 g/mol. The molecule has 2 atom stereocenters. The van der Waals surface area contributed by atoms with Crippen molar-refractivity contribution in [1.29, 1.82) is 0 Å². The Hall–Kier alpha value is -1.69. The SMILES string of the molecule is COC(=O)C1=C(C(=O)OC)[C@@]2(C)O[C@H]1C(=O)C21CC1. The van der Waals surface area contributed by atoms with Crippen molar-refractivity contribution in [1.82, 2.24) is 0 Å². The normalized spacial score (nSPS) is 33.8. The van der Waals surface area contributed by atoms with Gasteiger partial charge in [0, 0.05) is 0 Å². The lowest BCUT2D eigenvalue weighted by Crippen LogP contribution is -2.44. The van der Waals surface area contributed by atoms with Crippen molar-refractivity contribution >= 4 is 17.7 Å². The van der Waals surface area contributed by atoms with E-state index in [0.717, 1.165) is 0 Å². The first kappa shape index (κ1) is 12.3. The van der Waals surface area contributed by atoms with Crippen LogP contribution in [0.4, 0.5) is 0 Å². The fraction of sp³-hybridized carbons (Fsp3) is 0.615. The second kappa shape index (κ2) is 3.45. The first-order chi connectivity index (χ1) is 8.93. The summed E-state index contributed by atoms with van der Waals surface area (Å²) in [6.45, 7) is 1.68. The van der Waals surface area contributed by atoms with E-state index < -0.39 is 29.1 Å². The molecule has 19 heavy (non-hydrogen) atoms. The number of ketones is 1. The monoisotopic (exact) mass is 266 g/mol. The van der Waals surface area contributed by atoms with Gasteiger partial charge in [-0.05, 0) is 19.8 Å². The standard InChI is InChI=1S/C13H14O6/c1-12-7(11(16)18-3)6(10(15)17-2)8(19-12)9(14)13(12)4-5-13/h8H,4-5H2,1-3H3/t8-,12-/m1/s1. The van der Waals surface area contributed by atoms with E-state index in [1.165, 1.54) is 14.2 Å². The molecule has 0 aromatic heterocycles. The summed E-state index contributed by atoms with van der Waals surface area (Å²) < 4.78 is 15.1. The maximum absolute atomic E-state index is 12.3. The molecule has 6 heteroatoms. The third-order valence-corrected chi connectivity index (χ3v) is 4.53. The molecule has 3 rings (SSSR count). The molecule has 1 saturated heterocycles. The molecule has 2 bridgehead atoms. The third kappa shape index (κ3) is 1.18. The van der Waals surface area contributed by atoms with E-state index in [2.05, 4.69) is 4.74 Å². The number of rotatable bonds is 2. The second-order valence-corrected chi connectivity index (χ2v) is 5.25. The van der Waals surface area contributed by atoms with Crippen molar-refractivity contribution in [3.63, 3.8) is 0 Å². The predicted octanol–water partition coefficient (Wildman–Crippen LogP) is 0.149. The minimum atomic E-state index is -1.06. The molecule has 0 aromatic rings. The van der Waals surface area contributed by atoms with Gasteiger partial charge < -0.3 is 14.2 Å². The van der Waals surface area contributed by atoms with E-state index in [-0.39, 0.29) is 16.9 Å². The van der Waals surface area contributed by atoms with Crippen LogP contribution in [0.15, 0.2) is 11.1 Å². The summed E-state index contributed by atoms with van der Waals surface area (Å²) in [5.74, 6) is -1.47. The molecule has 0 N–H and O–H groups in total. The van der Waals surface area contributed by atoms with E-state index in [0.29, 0.717) is 12.8 Å². The average Bonchev–Trinajstić information content (AvgIpc) is 3.11. The molecular formula is C13H14O6. The molecule has 3 aliphatic rings. The molecule has 2 fully saturated rings. The second-order valence-electron chi connectivity index (χ2n) is 5.25. The highest BCUT2D eigenvalue weighted by Gasteiger charge is 2.77. The van der Waals surface area contributed by atoms with Crippen molar-refractivity contribution < 1.29 is 28.6 Å². The summed E-state index contributed by atoms with van der Waals surface area (Å²) in [4.78, 5) is 36.1. The summed E-state index contributed by atoms with van der Waals surface area (Å²) in [5.41, 5.74) is -1.58. The molecule has 102 valence electrons. The van der Waals surface area contributed by atoms with E-state index in [1.807, 2.05) is 0 Å². The van der Waals surface area contributed by atoms with Gasteiger partial charge in [-0.2, -0.15) is 0 Å². The van der Waals surface area contributed by atoms with Crippen LogP contribution in [0.25, 0.3) is 0 Å². The summed E-state index contributed by atoms with van der Waals surface area (Å²) in [6, 6.07) is 0. The Morgan fingerprint density at radius 2 is 1.79 bits per heavy atom. The molecule has 0 amide bonds. The van der Waals surface area contributed by atoms with Crippen molar-refractivity contribution in [3.8, 4) is 0 Å². The summed E-state index contributed by atoms with van der Waals surface area (Å²) in [7, 11) is 2.44. The van der Waals surface area contributed by atoms with E-state index >= 15 is 0 Å². The van der Waals surface area contributed by atoms with E-state index in [9.17, 15) is 14.4 Å². The van der Waals surface area contributed by atoms with Crippen molar-refractivity contribution in [3.05, 3.63) is 11.1 Å². The third-order valence-electron chi connectivity index (χ3n) is 4.53. The molecule has 0 aromatic carbocycles. The van der Waals surface area contributed by atoms with Crippen LogP contribution in [0.1, 0.15) is 19.8 Å². The maximum Gasteiger partial charge on any atom is 0.337 e.